The summed E-state index contributed by atoms with van der Waals surface area (Å²) in [7, 11) is 0. The molecule has 2 heterocycles. The maximum atomic E-state index is 12.3. The van der Waals surface area contributed by atoms with Crippen molar-refractivity contribution in [3.8, 4) is 11.8 Å². The Balaban J connectivity index is 2.06. The molecule has 8 nitrogen and oxygen atoms in total. The van der Waals surface area contributed by atoms with Crippen molar-refractivity contribution in [2.45, 2.75) is 20.4 Å². The number of nitrogens with zero attached hydrogens (tertiary/aromatic N) is 7. The van der Waals surface area contributed by atoms with Gasteiger partial charge in [0, 0.05) is 0 Å². The molecule has 0 radical (unpaired) electrons. The number of hydrogen-bond donors (Lipinski definition) is 0. The van der Waals surface area contributed by atoms with Gasteiger partial charge in [-0.25, -0.2) is 4.68 Å². The van der Waals surface area contributed by atoms with E-state index in [1.54, 1.807) is 13.8 Å². The molecule has 114 valence electrons. The third kappa shape index (κ3) is 2.60. The minimum atomic E-state index is -0.446. The number of nitriles is 1. The van der Waals surface area contributed by atoms with Crippen molar-refractivity contribution in [3.05, 3.63) is 63.3 Å². The lowest BCUT2D eigenvalue weighted by atomic mass is 10.1. The van der Waals surface area contributed by atoms with Crippen LogP contribution in [0.4, 0.5) is 0 Å². The van der Waals surface area contributed by atoms with Gasteiger partial charge in [0.1, 0.15) is 18.2 Å². The Hall–Kier alpha value is -3.34. The van der Waals surface area contributed by atoms with E-state index in [1.807, 2.05) is 36.4 Å². The molecule has 0 spiro atoms. The first-order valence-corrected chi connectivity index (χ1v) is 6.93. The third-order valence-electron chi connectivity index (χ3n) is 3.57. The number of rotatable bonds is 3. The molecule has 0 saturated carbocycles. The van der Waals surface area contributed by atoms with E-state index < -0.39 is 5.56 Å². The van der Waals surface area contributed by atoms with Crippen molar-refractivity contribution in [2.24, 2.45) is 0 Å². The smallest absolute Gasteiger partial charge is 0.266 e. The number of benzene rings is 1. The lowest BCUT2D eigenvalue weighted by molar-refractivity contribution is 0.587. The van der Waals surface area contributed by atoms with Gasteiger partial charge < -0.3 is 0 Å². The second-order valence-electron chi connectivity index (χ2n) is 5.00. The maximum Gasteiger partial charge on any atom is 0.285 e. The molecule has 0 atom stereocenters. The van der Waals surface area contributed by atoms with Crippen LogP contribution in [0.1, 0.15) is 22.6 Å². The molecule has 0 bridgehead atoms. The van der Waals surface area contributed by atoms with E-state index in [9.17, 15) is 10.1 Å². The van der Waals surface area contributed by atoms with Crippen LogP contribution in [0, 0.1) is 25.2 Å². The van der Waals surface area contributed by atoms with Gasteiger partial charge >= 0.3 is 0 Å². The van der Waals surface area contributed by atoms with Crippen molar-refractivity contribution in [2.75, 3.05) is 0 Å². The first-order chi connectivity index (χ1) is 11.1. The average Bonchev–Trinajstić information content (AvgIpc) is 3.02. The lowest BCUT2D eigenvalue weighted by Gasteiger charge is -2.09. The Morgan fingerprint density at radius 3 is 2.65 bits per heavy atom. The van der Waals surface area contributed by atoms with Gasteiger partial charge in [-0.1, -0.05) is 18.2 Å². The number of tetrazole rings is 1. The van der Waals surface area contributed by atoms with Gasteiger partial charge in [0.25, 0.3) is 5.56 Å². The van der Waals surface area contributed by atoms with Crippen molar-refractivity contribution in [1.82, 2.24) is 30.0 Å². The van der Waals surface area contributed by atoms with Crippen LogP contribution in [0.3, 0.4) is 0 Å². The zero-order valence-corrected chi connectivity index (χ0v) is 12.6. The highest BCUT2D eigenvalue weighted by atomic mass is 16.1. The van der Waals surface area contributed by atoms with Crippen LogP contribution in [-0.2, 0) is 6.54 Å². The standard InChI is InChI=1S/C15H13N7O/c1-10-11(2)18-21(15(23)13(10)8-16)9-14-17-19-20-22(14)12-6-4-3-5-7-12/h3-7H,9H2,1-2H3. The van der Waals surface area contributed by atoms with Crippen molar-refractivity contribution < 1.29 is 0 Å². The van der Waals surface area contributed by atoms with E-state index in [1.165, 1.54) is 9.36 Å². The molecule has 0 aliphatic heterocycles. The van der Waals surface area contributed by atoms with Gasteiger partial charge in [-0.05, 0) is 42.0 Å². The summed E-state index contributed by atoms with van der Waals surface area (Å²) in [6, 6.07) is 11.3. The number of hydrogen-bond acceptors (Lipinski definition) is 6. The van der Waals surface area contributed by atoms with Gasteiger partial charge in [0.15, 0.2) is 5.82 Å². The maximum absolute atomic E-state index is 12.3. The Bertz CT molecular complexity index is 950. The molecular formula is C15H13N7O. The Kier molecular flexibility index (Phi) is 3.68. The van der Waals surface area contributed by atoms with Crippen LogP contribution < -0.4 is 5.56 Å². The minimum Gasteiger partial charge on any atom is -0.266 e. The molecule has 0 aliphatic rings. The van der Waals surface area contributed by atoms with Gasteiger partial charge in [-0.3, -0.25) is 4.79 Å². The normalized spacial score (nSPS) is 10.5. The first kappa shape index (κ1) is 14.6. The largest absolute Gasteiger partial charge is 0.285 e. The van der Waals surface area contributed by atoms with Gasteiger partial charge in [0.05, 0.1) is 11.4 Å². The molecule has 8 heteroatoms. The minimum absolute atomic E-state index is 0.0799. The fourth-order valence-electron chi connectivity index (χ4n) is 2.22. The van der Waals surface area contributed by atoms with Gasteiger partial charge in [0.2, 0.25) is 0 Å². The van der Waals surface area contributed by atoms with E-state index in [4.69, 9.17) is 0 Å². The van der Waals surface area contributed by atoms with Crippen molar-refractivity contribution in [1.29, 1.82) is 5.26 Å². The molecule has 3 aromatic rings. The summed E-state index contributed by atoms with van der Waals surface area (Å²) in [6.45, 7) is 3.55. The molecule has 0 amide bonds. The zero-order valence-electron chi connectivity index (χ0n) is 12.6. The second-order valence-corrected chi connectivity index (χ2v) is 5.00. The van der Waals surface area contributed by atoms with Crippen LogP contribution in [0.15, 0.2) is 35.1 Å². The van der Waals surface area contributed by atoms with Crippen LogP contribution in [0.2, 0.25) is 0 Å². The van der Waals surface area contributed by atoms with Crippen LogP contribution in [-0.4, -0.2) is 30.0 Å². The lowest BCUT2D eigenvalue weighted by Crippen LogP contribution is -2.29. The predicted octanol–water partition coefficient (Wildman–Crippen LogP) is 0.756. The predicted molar refractivity (Wildman–Crippen MR) is 80.9 cm³/mol. The molecule has 1 aromatic carbocycles. The highest BCUT2D eigenvalue weighted by Gasteiger charge is 2.15. The van der Waals surface area contributed by atoms with E-state index in [2.05, 4.69) is 20.6 Å². The third-order valence-corrected chi connectivity index (χ3v) is 3.57. The number of para-hydroxylation sites is 1. The number of aryl methyl sites for hydroxylation is 1. The van der Waals surface area contributed by atoms with Crippen molar-refractivity contribution >= 4 is 0 Å². The summed E-state index contributed by atoms with van der Waals surface area (Å²) >= 11 is 0. The summed E-state index contributed by atoms with van der Waals surface area (Å²) in [4.78, 5) is 12.3. The highest BCUT2D eigenvalue weighted by Crippen LogP contribution is 2.09. The molecule has 0 aliphatic carbocycles. The second kappa shape index (κ2) is 5.81. The summed E-state index contributed by atoms with van der Waals surface area (Å²) in [6.07, 6.45) is 0. The molecule has 0 unspecified atom stereocenters. The van der Waals surface area contributed by atoms with Crippen molar-refractivity contribution in [3.63, 3.8) is 0 Å². The Morgan fingerprint density at radius 2 is 1.96 bits per heavy atom. The molecule has 3 rings (SSSR count). The van der Waals surface area contributed by atoms with E-state index >= 15 is 0 Å². The monoisotopic (exact) mass is 307 g/mol. The van der Waals surface area contributed by atoms with E-state index in [-0.39, 0.29) is 12.1 Å². The molecular weight excluding hydrogens is 294 g/mol. The Labute approximate surface area is 131 Å². The van der Waals surface area contributed by atoms with E-state index in [0.717, 1.165) is 5.69 Å². The molecule has 23 heavy (non-hydrogen) atoms. The summed E-state index contributed by atoms with van der Waals surface area (Å²) < 4.78 is 2.75. The van der Waals surface area contributed by atoms with Gasteiger partial charge in [-0.2, -0.15) is 15.0 Å². The van der Waals surface area contributed by atoms with Crippen LogP contribution in [0.25, 0.3) is 5.69 Å². The summed E-state index contributed by atoms with van der Waals surface area (Å²) in [5.74, 6) is 0.456. The summed E-state index contributed by atoms with van der Waals surface area (Å²) in [5.41, 5.74) is 1.65. The number of aromatic nitrogens is 6. The van der Waals surface area contributed by atoms with Gasteiger partial charge in [-0.15, -0.1) is 5.10 Å². The van der Waals surface area contributed by atoms with Crippen LogP contribution >= 0.6 is 0 Å². The molecule has 0 N–H and O–H groups in total. The Morgan fingerprint density at radius 1 is 1.22 bits per heavy atom. The SMILES string of the molecule is Cc1nn(Cc2nnnn2-c2ccccc2)c(=O)c(C#N)c1C. The fourth-order valence-corrected chi connectivity index (χ4v) is 2.22. The highest BCUT2D eigenvalue weighted by molar-refractivity contribution is 5.36. The zero-order chi connectivity index (χ0) is 16.4. The first-order valence-electron chi connectivity index (χ1n) is 6.93. The summed E-state index contributed by atoms with van der Waals surface area (Å²) in [5, 5.41) is 25.0. The molecule has 0 fully saturated rings. The topological polar surface area (TPSA) is 102 Å². The fraction of sp³-hybridized carbons (Fsp3) is 0.200. The molecule has 0 saturated heterocycles. The van der Waals surface area contributed by atoms with Crippen LogP contribution in [0.5, 0.6) is 0 Å². The molecule has 2 aromatic heterocycles. The quantitative estimate of drug-likeness (QED) is 0.707. The average molecular weight is 307 g/mol. The van der Waals surface area contributed by atoms with E-state index in [0.29, 0.717) is 17.1 Å².